The number of nitriles is 1. The van der Waals surface area contributed by atoms with Gasteiger partial charge in [0.2, 0.25) is 0 Å². The third-order valence-corrected chi connectivity index (χ3v) is 1.66. The van der Waals surface area contributed by atoms with E-state index < -0.39 is 0 Å². The van der Waals surface area contributed by atoms with Crippen LogP contribution >= 0.6 is 0 Å². The Kier molecular flexibility index (Phi) is 3.53. The fourth-order valence-corrected chi connectivity index (χ4v) is 1.13. The van der Waals surface area contributed by atoms with Crippen molar-refractivity contribution in [2.45, 2.75) is 6.92 Å². The lowest BCUT2D eigenvalue weighted by Crippen LogP contribution is -1.67. The number of hydrogen-bond acceptors (Lipinski definition) is 1. The Morgan fingerprint density at radius 1 is 0.846 bits per heavy atom. The number of rotatable bonds is 0. The van der Waals surface area contributed by atoms with E-state index in [1.54, 1.807) is 6.07 Å². The van der Waals surface area contributed by atoms with Gasteiger partial charge in [-0.05, 0) is 10.8 Å². The molecule has 0 saturated heterocycles. The van der Waals surface area contributed by atoms with Crippen molar-refractivity contribution in [3.63, 3.8) is 0 Å². The molecule has 0 bridgehead atoms. The Balaban J connectivity index is 0.000000251. The largest absolute Gasteiger partial charge is 0.199 e. The van der Waals surface area contributed by atoms with Crippen molar-refractivity contribution < 1.29 is 0 Å². The van der Waals surface area contributed by atoms with Crippen LogP contribution in [0.2, 0.25) is 0 Å². The first-order chi connectivity index (χ1) is 6.38. The molecule has 1 nitrogen and oxygen atoms in total. The molecule has 2 rings (SSSR count). The molecule has 1 heteroatoms. The van der Waals surface area contributed by atoms with E-state index in [1.807, 2.05) is 0 Å². The van der Waals surface area contributed by atoms with Crippen molar-refractivity contribution in [3.05, 3.63) is 48.5 Å². The van der Waals surface area contributed by atoms with Crippen LogP contribution in [-0.2, 0) is 0 Å². The zero-order valence-electron chi connectivity index (χ0n) is 7.57. The van der Waals surface area contributed by atoms with Crippen molar-refractivity contribution in [3.8, 4) is 6.07 Å². The van der Waals surface area contributed by atoms with Crippen LogP contribution in [-0.4, -0.2) is 0 Å². The normalized spacial score (nSPS) is 8.31. The van der Waals surface area contributed by atoms with Crippen LogP contribution in [0.25, 0.3) is 10.8 Å². The second-order valence-electron chi connectivity index (χ2n) is 2.57. The molecule has 0 amide bonds. The Labute approximate surface area is 78.2 Å². The van der Waals surface area contributed by atoms with E-state index in [4.69, 9.17) is 5.26 Å². The highest BCUT2D eigenvalue weighted by atomic mass is 14.2. The lowest BCUT2D eigenvalue weighted by Gasteiger charge is -1.92. The maximum Gasteiger partial charge on any atom is 0.0587 e. The predicted molar refractivity (Wildman–Crippen MR) is 55.2 cm³/mol. The van der Waals surface area contributed by atoms with Crippen LogP contribution in [0.4, 0.5) is 0 Å². The maximum atomic E-state index is 7.32. The third-order valence-electron chi connectivity index (χ3n) is 1.66. The van der Waals surface area contributed by atoms with Gasteiger partial charge in [-0.15, -0.1) is 0 Å². The molecule has 0 radical (unpaired) electrons. The van der Waals surface area contributed by atoms with Gasteiger partial charge in [-0.25, -0.2) is 0 Å². The molecule has 0 N–H and O–H groups in total. The molecule has 2 aromatic rings. The van der Waals surface area contributed by atoms with E-state index in [0.717, 1.165) is 0 Å². The van der Waals surface area contributed by atoms with Crippen molar-refractivity contribution in [2.75, 3.05) is 0 Å². The minimum absolute atomic E-state index is 1.31. The van der Waals surface area contributed by atoms with Crippen molar-refractivity contribution in [1.29, 1.82) is 5.26 Å². The van der Waals surface area contributed by atoms with Crippen molar-refractivity contribution in [2.24, 2.45) is 0 Å². The van der Waals surface area contributed by atoms with Crippen LogP contribution in [0.3, 0.4) is 0 Å². The van der Waals surface area contributed by atoms with E-state index in [-0.39, 0.29) is 0 Å². The standard InChI is InChI=1S/C10H8.C2H3N/c1-2-6-10-8-4-3-7-9(10)5-1;1-2-3/h1-8H;1H3. The second kappa shape index (κ2) is 4.95. The zero-order chi connectivity index (χ0) is 9.52. The number of fused-ring (bicyclic) bond motifs is 1. The van der Waals surface area contributed by atoms with Gasteiger partial charge in [0.15, 0.2) is 0 Å². The number of hydrogen-bond donors (Lipinski definition) is 0. The number of nitrogens with zero attached hydrogens (tertiary/aromatic N) is 1. The second-order valence-corrected chi connectivity index (χ2v) is 2.57. The molecule has 0 unspecified atom stereocenters. The highest BCUT2D eigenvalue weighted by Gasteiger charge is 1.85. The molecule has 0 aliphatic carbocycles. The minimum Gasteiger partial charge on any atom is -0.199 e. The summed E-state index contributed by atoms with van der Waals surface area (Å²) in [4.78, 5) is 0. The maximum absolute atomic E-state index is 7.32. The highest BCUT2D eigenvalue weighted by Crippen LogP contribution is 2.11. The van der Waals surface area contributed by atoms with Crippen LogP contribution < -0.4 is 0 Å². The van der Waals surface area contributed by atoms with Gasteiger partial charge < -0.3 is 0 Å². The summed E-state index contributed by atoms with van der Waals surface area (Å²) in [6, 6.07) is 18.5. The summed E-state index contributed by atoms with van der Waals surface area (Å²) in [5.74, 6) is 0. The van der Waals surface area contributed by atoms with E-state index >= 15 is 0 Å². The lowest BCUT2D eigenvalue weighted by atomic mass is 10.1. The van der Waals surface area contributed by atoms with E-state index in [9.17, 15) is 0 Å². The summed E-state index contributed by atoms with van der Waals surface area (Å²) in [6.45, 7) is 1.43. The van der Waals surface area contributed by atoms with E-state index in [1.165, 1.54) is 17.7 Å². The summed E-state index contributed by atoms with van der Waals surface area (Å²) in [7, 11) is 0. The predicted octanol–water partition coefficient (Wildman–Crippen LogP) is 3.37. The Hall–Kier alpha value is -1.81. The Bertz CT molecular complexity index is 347. The smallest absolute Gasteiger partial charge is 0.0587 e. The minimum atomic E-state index is 1.31. The quantitative estimate of drug-likeness (QED) is 0.593. The van der Waals surface area contributed by atoms with Gasteiger partial charge in [0, 0.05) is 6.92 Å². The summed E-state index contributed by atoms with van der Waals surface area (Å²) in [5.41, 5.74) is 0. The molecule has 0 spiro atoms. The Morgan fingerprint density at radius 2 is 1.08 bits per heavy atom. The summed E-state index contributed by atoms with van der Waals surface area (Å²) in [5, 5.41) is 9.94. The highest BCUT2D eigenvalue weighted by molar-refractivity contribution is 5.81. The van der Waals surface area contributed by atoms with Gasteiger partial charge >= 0.3 is 0 Å². The fraction of sp³-hybridized carbons (Fsp3) is 0.0833. The molecule has 0 saturated carbocycles. The monoisotopic (exact) mass is 169 g/mol. The van der Waals surface area contributed by atoms with Gasteiger partial charge in [-0.3, -0.25) is 0 Å². The third kappa shape index (κ3) is 2.61. The molecule has 2 aromatic carbocycles. The van der Waals surface area contributed by atoms with Crippen LogP contribution in [0.1, 0.15) is 6.92 Å². The molecule has 0 aromatic heterocycles. The van der Waals surface area contributed by atoms with Crippen LogP contribution in [0, 0.1) is 11.3 Å². The van der Waals surface area contributed by atoms with Gasteiger partial charge in [0.25, 0.3) is 0 Å². The molecule has 13 heavy (non-hydrogen) atoms. The summed E-state index contributed by atoms with van der Waals surface area (Å²) >= 11 is 0. The first-order valence-corrected chi connectivity index (χ1v) is 4.13. The van der Waals surface area contributed by atoms with Crippen molar-refractivity contribution >= 4 is 10.8 Å². The average Bonchev–Trinajstić information content (AvgIpc) is 2.19. The van der Waals surface area contributed by atoms with Gasteiger partial charge in [0.05, 0.1) is 6.07 Å². The topological polar surface area (TPSA) is 23.8 Å². The van der Waals surface area contributed by atoms with Gasteiger partial charge in [0.1, 0.15) is 0 Å². The van der Waals surface area contributed by atoms with Gasteiger partial charge in [-0.1, -0.05) is 48.5 Å². The first kappa shape index (κ1) is 9.28. The molecule has 0 fully saturated rings. The van der Waals surface area contributed by atoms with Crippen LogP contribution in [0.15, 0.2) is 48.5 Å². The zero-order valence-corrected chi connectivity index (χ0v) is 7.57. The van der Waals surface area contributed by atoms with E-state index in [0.29, 0.717) is 0 Å². The molecule has 0 atom stereocenters. The lowest BCUT2D eigenvalue weighted by molar-refractivity contribution is 1.49. The summed E-state index contributed by atoms with van der Waals surface area (Å²) in [6.07, 6.45) is 0. The molecule has 0 aliphatic rings. The average molecular weight is 169 g/mol. The van der Waals surface area contributed by atoms with Crippen molar-refractivity contribution in [1.82, 2.24) is 0 Å². The summed E-state index contributed by atoms with van der Waals surface area (Å²) < 4.78 is 0. The Morgan fingerprint density at radius 3 is 1.31 bits per heavy atom. The molecule has 0 heterocycles. The molecular weight excluding hydrogens is 158 g/mol. The molecule has 64 valence electrons. The SMILES string of the molecule is CC#N.c1ccc2ccccc2c1. The van der Waals surface area contributed by atoms with E-state index in [2.05, 4.69) is 48.5 Å². The first-order valence-electron chi connectivity index (χ1n) is 4.13. The molecular formula is C12H11N. The van der Waals surface area contributed by atoms with Crippen LogP contribution in [0.5, 0.6) is 0 Å². The molecule has 0 aliphatic heterocycles. The number of benzene rings is 2. The fourth-order valence-electron chi connectivity index (χ4n) is 1.13. The van der Waals surface area contributed by atoms with Gasteiger partial charge in [-0.2, -0.15) is 5.26 Å².